The van der Waals surface area contributed by atoms with E-state index in [4.69, 9.17) is 0 Å². The number of hydrogen-bond donors (Lipinski definition) is 0. The van der Waals surface area contributed by atoms with Crippen LogP contribution in [-0.4, -0.2) is 32.7 Å². The van der Waals surface area contributed by atoms with Gasteiger partial charge < -0.3 is 0 Å². The molecule has 0 bridgehead atoms. The standard InChI is InChI=1S/C13H32S4Si2/c1-18(2,3)11-7-9-14-16-13-17-15-10-8-12-19(4,5)6/h7-13H2,1-6H3. The smallest absolute Gasteiger partial charge is 0.0600 e. The van der Waals surface area contributed by atoms with Crippen LogP contribution in [0.15, 0.2) is 0 Å². The highest BCUT2D eigenvalue weighted by Crippen LogP contribution is 2.33. The molecule has 0 saturated heterocycles. The second-order valence-corrected chi connectivity index (χ2v) is 24.1. The largest absolute Gasteiger partial charge is 0.0933 e. The van der Waals surface area contributed by atoms with E-state index in [0.29, 0.717) is 0 Å². The van der Waals surface area contributed by atoms with Crippen molar-refractivity contribution in [3.8, 4) is 0 Å². The zero-order valence-electron chi connectivity index (χ0n) is 13.6. The summed E-state index contributed by atoms with van der Waals surface area (Å²) in [5.74, 6) is 2.69. The maximum Gasteiger partial charge on any atom is 0.0600 e. The molecule has 0 amide bonds. The minimum absolute atomic E-state index is 0.792. The van der Waals surface area contributed by atoms with Gasteiger partial charge in [0.15, 0.2) is 0 Å². The van der Waals surface area contributed by atoms with Crippen molar-refractivity contribution < 1.29 is 0 Å². The van der Waals surface area contributed by atoms with Gasteiger partial charge in [0.2, 0.25) is 0 Å². The van der Waals surface area contributed by atoms with E-state index in [-0.39, 0.29) is 0 Å². The Morgan fingerprint density at radius 2 is 0.947 bits per heavy atom. The third-order valence-electron chi connectivity index (χ3n) is 2.57. The van der Waals surface area contributed by atoms with Crippen molar-refractivity contribution in [2.45, 2.75) is 64.2 Å². The van der Waals surface area contributed by atoms with Gasteiger partial charge in [-0.25, -0.2) is 0 Å². The molecule has 0 saturated carbocycles. The highest BCUT2D eigenvalue weighted by molar-refractivity contribution is 8.85. The fraction of sp³-hybridized carbons (Fsp3) is 1.00. The third-order valence-corrected chi connectivity index (χ3v) is 12.0. The van der Waals surface area contributed by atoms with Crippen LogP contribution in [0.4, 0.5) is 0 Å². The summed E-state index contributed by atoms with van der Waals surface area (Å²) in [4.78, 5) is 0. The van der Waals surface area contributed by atoms with Crippen molar-refractivity contribution in [3.05, 3.63) is 0 Å². The first-order valence-corrected chi connectivity index (χ1v) is 19.6. The van der Waals surface area contributed by atoms with Gasteiger partial charge in [-0.1, -0.05) is 94.5 Å². The molecular weight excluding hydrogens is 341 g/mol. The average Bonchev–Trinajstić information content (AvgIpc) is 2.22. The SMILES string of the molecule is C[Si](C)(C)CCCSSCSSCCC[Si](C)(C)C. The summed E-state index contributed by atoms with van der Waals surface area (Å²) in [6.07, 6.45) is 2.84. The molecule has 0 aliphatic heterocycles. The Labute approximate surface area is 139 Å². The fourth-order valence-electron chi connectivity index (χ4n) is 1.53. The second-order valence-electron chi connectivity index (χ2n) is 7.33. The number of hydrogen-bond acceptors (Lipinski definition) is 4. The molecule has 19 heavy (non-hydrogen) atoms. The molecule has 0 N–H and O–H groups in total. The molecule has 0 atom stereocenters. The van der Waals surface area contributed by atoms with E-state index in [0.717, 1.165) is 0 Å². The molecule has 0 aromatic carbocycles. The Kier molecular flexibility index (Phi) is 12.5. The van der Waals surface area contributed by atoms with Crippen molar-refractivity contribution >= 4 is 59.3 Å². The minimum Gasteiger partial charge on any atom is -0.0933 e. The van der Waals surface area contributed by atoms with Crippen LogP contribution in [0.3, 0.4) is 0 Å². The van der Waals surface area contributed by atoms with E-state index in [1.165, 1.54) is 41.5 Å². The van der Waals surface area contributed by atoms with Crippen molar-refractivity contribution in [2.75, 3.05) is 16.6 Å². The highest BCUT2D eigenvalue weighted by atomic mass is 33.1. The molecule has 0 aliphatic carbocycles. The Morgan fingerprint density at radius 1 is 0.579 bits per heavy atom. The lowest BCUT2D eigenvalue weighted by Gasteiger charge is -2.14. The molecule has 0 radical (unpaired) electrons. The lowest BCUT2D eigenvalue weighted by Crippen LogP contribution is -2.18. The fourth-order valence-corrected chi connectivity index (χ4v) is 10.0. The summed E-state index contributed by atoms with van der Waals surface area (Å²) in [6.45, 7) is 14.8. The van der Waals surface area contributed by atoms with Gasteiger partial charge in [0.25, 0.3) is 0 Å². The molecule has 0 aromatic rings. The first kappa shape index (κ1) is 20.8. The summed E-state index contributed by atoms with van der Waals surface area (Å²) < 4.78 is 0. The van der Waals surface area contributed by atoms with Crippen LogP contribution in [0, 0.1) is 0 Å². The lowest BCUT2D eigenvalue weighted by molar-refractivity contribution is 1.07. The predicted octanol–water partition coefficient (Wildman–Crippen LogP) is 7.16. The monoisotopic (exact) mass is 372 g/mol. The molecule has 0 nitrogen and oxygen atoms in total. The van der Waals surface area contributed by atoms with Crippen molar-refractivity contribution in [1.29, 1.82) is 0 Å². The van der Waals surface area contributed by atoms with E-state index in [2.05, 4.69) is 82.5 Å². The van der Waals surface area contributed by atoms with Crippen LogP contribution in [0.25, 0.3) is 0 Å². The van der Waals surface area contributed by atoms with E-state index >= 15 is 0 Å². The van der Waals surface area contributed by atoms with Crippen LogP contribution >= 0.6 is 43.2 Å². The summed E-state index contributed by atoms with van der Waals surface area (Å²) >= 11 is 0. The first-order chi connectivity index (χ1) is 8.71. The summed E-state index contributed by atoms with van der Waals surface area (Å²) in [5, 5.41) is 1.25. The van der Waals surface area contributed by atoms with E-state index in [1.54, 1.807) is 0 Å². The molecule has 0 aromatic heterocycles. The van der Waals surface area contributed by atoms with Gasteiger partial charge in [0, 0.05) is 27.7 Å². The molecule has 0 spiro atoms. The molecule has 0 unspecified atom stereocenters. The zero-order valence-corrected chi connectivity index (χ0v) is 18.8. The summed E-state index contributed by atoms with van der Waals surface area (Å²) in [6, 6.07) is 2.97. The normalized spacial score (nSPS) is 12.9. The molecule has 0 rings (SSSR count). The van der Waals surface area contributed by atoms with Crippen LogP contribution in [0.1, 0.15) is 12.8 Å². The van der Waals surface area contributed by atoms with Crippen LogP contribution in [0.5, 0.6) is 0 Å². The Hall–Kier alpha value is 1.83. The molecule has 6 heteroatoms. The van der Waals surface area contributed by atoms with Crippen molar-refractivity contribution in [1.82, 2.24) is 0 Å². The Balaban J connectivity index is 3.12. The van der Waals surface area contributed by atoms with Crippen LogP contribution in [0.2, 0.25) is 51.4 Å². The predicted molar refractivity (Wildman–Crippen MR) is 111 cm³/mol. The van der Waals surface area contributed by atoms with E-state index < -0.39 is 16.1 Å². The Bertz CT molecular complexity index is 190. The number of rotatable bonds is 12. The van der Waals surface area contributed by atoms with Gasteiger partial charge in [-0.05, 0) is 12.8 Å². The zero-order chi connectivity index (χ0) is 14.8. The molecular formula is C13H32S4Si2. The maximum absolute atomic E-state index is 2.47. The summed E-state index contributed by atoms with van der Waals surface area (Å²) in [5.41, 5.74) is 0. The Morgan fingerprint density at radius 3 is 1.26 bits per heavy atom. The molecule has 0 heterocycles. The van der Waals surface area contributed by atoms with Crippen LogP contribution in [-0.2, 0) is 0 Å². The minimum atomic E-state index is -0.792. The quantitative estimate of drug-likeness (QED) is 0.154. The molecule has 0 aliphatic rings. The molecule has 0 fully saturated rings. The van der Waals surface area contributed by atoms with Gasteiger partial charge in [0.05, 0.1) is 5.08 Å². The van der Waals surface area contributed by atoms with Gasteiger partial charge in [-0.2, -0.15) is 0 Å². The van der Waals surface area contributed by atoms with Gasteiger partial charge in [-0.3, -0.25) is 0 Å². The average molecular weight is 373 g/mol. The lowest BCUT2D eigenvalue weighted by atomic mass is 10.6. The van der Waals surface area contributed by atoms with Crippen molar-refractivity contribution in [2.24, 2.45) is 0 Å². The maximum atomic E-state index is 2.47. The second kappa shape index (κ2) is 11.4. The third kappa shape index (κ3) is 19.8. The van der Waals surface area contributed by atoms with Gasteiger partial charge in [0.1, 0.15) is 0 Å². The van der Waals surface area contributed by atoms with E-state index in [9.17, 15) is 0 Å². The topological polar surface area (TPSA) is 0 Å². The summed E-state index contributed by atoms with van der Waals surface area (Å²) in [7, 11) is 6.66. The highest BCUT2D eigenvalue weighted by Gasteiger charge is 2.12. The first-order valence-electron chi connectivity index (χ1n) is 7.20. The van der Waals surface area contributed by atoms with Crippen LogP contribution < -0.4 is 0 Å². The van der Waals surface area contributed by atoms with Crippen molar-refractivity contribution in [3.63, 3.8) is 0 Å². The van der Waals surface area contributed by atoms with Gasteiger partial charge >= 0.3 is 0 Å². The van der Waals surface area contributed by atoms with Gasteiger partial charge in [-0.15, -0.1) is 0 Å². The molecule has 116 valence electrons. The van der Waals surface area contributed by atoms with E-state index in [1.807, 2.05) is 0 Å².